The lowest BCUT2D eigenvalue weighted by Gasteiger charge is -2.16. The normalized spacial score (nSPS) is 13.6. The van der Waals surface area contributed by atoms with E-state index in [1.165, 1.54) is 12.8 Å². The molecule has 1 aromatic carbocycles. The average molecular weight is 413 g/mol. The Hall–Kier alpha value is -3.81. The van der Waals surface area contributed by atoms with Crippen LogP contribution in [0.15, 0.2) is 66.1 Å². The molecule has 4 aromatic rings. The summed E-state index contributed by atoms with van der Waals surface area (Å²) in [6.45, 7) is 2.14. The third-order valence-electron chi connectivity index (χ3n) is 5.50. The third-order valence-corrected chi connectivity index (χ3v) is 5.50. The van der Waals surface area contributed by atoms with Crippen LogP contribution >= 0.6 is 0 Å². The first-order chi connectivity index (χ1) is 15.2. The van der Waals surface area contributed by atoms with Crippen molar-refractivity contribution in [2.24, 2.45) is 7.05 Å². The van der Waals surface area contributed by atoms with E-state index >= 15 is 0 Å². The first kappa shape index (κ1) is 19.2. The number of nitrogens with zero attached hydrogens (tertiary/aromatic N) is 7. The predicted octanol–water partition coefficient (Wildman–Crippen LogP) is 2.61. The van der Waals surface area contributed by atoms with E-state index in [2.05, 4.69) is 25.1 Å². The molecule has 0 amide bonds. The zero-order valence-electron chi connectivity index (χ0n) is 17.3. The number of aromatic nitrogens is 6. The van der Waals surface area contributed by atoms with Gasteiger partial charge in [-0.2, -0.15) is 10.2 Å². The van der Waals surface area contributed by atoms with Crippen LogP contribution in [0.25, 0.3) is 17.1 Å². The molecule has 5 rings (SSSR count). The highest BCUT2D eigenvalue weighted by Gasteiger charge is 2.13. The molecule has 4 heterocycles. The van der Waals surface area contributed by atoms with Crippen LogP contribution in [0.3, 0.4) is 0 Å². The second-order valence-corrected chi connectivity index (χ2v) is 7.78. The van der Waals surface area contributed by atoms with Gasteiger partial charge < -0.3 is 4.90 Å². The van der Waals surface area contributed by atoms with Crippen LogP contribution in [-0.4, -0.2) is 42.6 Å². The summed E-state index contributed by atoms with van der Waals surface area (Å²) in [4.78, 5) is 23.9. The molecular formula is C23H23N7O. The van der Waals surface area contributed by atoms with Crippen molar-refractivity contribution in [2.45, 2.75) is 19.3 Å². The van der Waals surface area contributed by atoms with Gasteiger partial charge in [0.2, 0.25) is 5.43 Å². The van der Waals surface area contributed by atoms with Crippen LogP contribution in [-0.2, 0) is 13.5 Å². The molecule has 1 fully saturated rings. The molecular weight excluding hydrogens is 390 g/mol. The maximum absolute atomic E-state index is 12.4. The van der Waals surface area contributed by atoms with Crippen molar-refractivity contribution >= 4 is 5.69 Å². The van der Waals surface area contributed by atoms with Crippen molar-refractivity contribution in [3.63, 3.8) is 0 Å². The van der Waals surface area contributed by atoms with Gasteiger partial charge in [-0.05, 0) is 24.5 Å². The number of rotatable bonds is 5. The largest absolute Gasteiger partial charge is 0.369 e. The molecule has 3 aromatic heterocycles. The highest BCUT2D eigenvalue weighted by molar-refractivity contribution is 5.58. The van der Waals surface area contributed by atoms with Gasteiger partial charge in [0, 0.05) is 44.4 Å². The zero-order valence-corrected chi connectivity index (χ0v) is 17.3. The second kappa shape index (κ2) is 8.14. The van der Waals surface area contributed by atoms with Crippen molar-refractivity contribution in [2.75, 3.05) is 18.0 Å². The Labute approximate surface area is 179 Å². The maximum Gasteiger partial charge on any atom is 0.203 e. The summed E-state index contributed by atoms with van der Waals surface area (Å²) in [6, 6.07) is 9.50. The van der Waals surface area contributed by atoms with E-state index in [0.29, 0.717) is 17.9 Å². The van der Waals surface area contributed by atoms with Crippen LogP contribution in [0.5, 0.6) is 0 Å². The topological polar surface area (TPSA) is 81.7 Å². The van der Waals surface area contributed by atoms with Gasteiger partial charge in [0.1, 0.15) is 11.4 Å². The first-order valence-corrected chi connectivity index (χ1v) is 10.4. The fraction of sp³-hybridized carbons (Fsp3) is 0.261. The van der Waals surface area contributed by atoms with Gasteiger partial charge in [-0.3, -0.25) is 9.48 Å². The van der Waals surface area contributed by atoms with Crippen molar-refractivity contribution in [3.8, 4) is 17.1 Å². The number of hydrogen-bond donors (Lipinski definition) is 0. The van der Waals surface area contributed by atoms with Crippen molar-refractivity contribution in [1.29, 1.82) is 0 Å². The molecule has 8 nitrogen and oxygen atoms in total. The lowest BCUT2D eigenvalue weighted by atomic mass is 10.1. The van der Waals surface area contributed by atoms with Crippen LogP contribution in [0.2, 0.25) is 0 Å². The van der Waals surface area contributed by atoms with E-state index in [9.17, 15) is 4.79 Å². The van der Waals surface area contributed by atoms with Crippen molar-refractivity contribution in [3.05, 3.63) is 82.8 Å². The standard InChI is InChI=1S/C23H23N7O/c1-28-16-20(15-26-28)30-10-7-22(31)21(27-30)12-17-5-4-6-18(11-17)23-24-13-19(14-25-23)29-8-2-3-9-29/h4-7,10-11,13-16H,2-3,8-9,12H2,1H3. The summed E-state index contributed by atoms with van der Waals surface area (Å²) < 4.78 is 3.38. The minimum atomic E-state index is -0.0863. The molecule has 1 saturated heterocycles. The van der Waals surface area contributed by atoms with Gasteiger partial charge in [0.25, 0.3) is 0 Å². The van der Waals surface area contributed by atoms with Gasteiger partial charge in [0.15, 0.2) is 5.82 Å². The third kappa shape index (κ3) is 4.09. The van der Waals surface area contributed by atoms with E-state index in [1.54, 1.807) is 27.8 Å². The van der Waals surface area contributed by atoms with E-state index in [0.717, 1.165) is 35.6 Å². The quantitative estimate of drug-likeness (QED) is 0.500. The van der Waals surface area contributed by atoms with Crippen LogP contribution in [0.4, 0.5) is 5.69 Å². The fourth-order valence-electron chi connectivity index (χ4n) is 3.86. The summed E-state index contributed by atoms with van der Waals surface area (Å²) in [5.74, 6) is 0.679. The molecule has 0 saturated carbocycles. The second-order valence-electron chi connectivity index (χ2n) is 7.78. The highest BCUT2D eigenvalue weighted by atomic mass is 16.1. The predicted molar refractivity (Wildman–Crippen MR) is 118 cm³/mol. The minimum absolute atomic E-state index is 0.0863. The Balaban J connectivity index is 1.39. The van der Waals surface area contributed by atoms with Crippen LogP contribution in [0.1, 0.15) is 24.1 Å². The number of aryl methyl sites for hydroxylation is 1. The average Bonchev–Trinajstić information content (AvgIpc) is 3.48. The summed E-state index contributed by atoms with van der Waals surface area (Å²) in [5, 5.41) is 8.69. The van der Waals surface area contributed by atoms with Crippen molar-refractivity contribution in [1.82, 2.24) is 29.5 Å². The Morgan fingerprint density at radius 1 is 1.00 bits per heavy atom. The summed E-state index contributed by atoms with van der Waals surface area (Å²) in [6.07, 6.45) is 11.9. The molecule has 0 spiro atoms. The molecule has 156 valence electrons. The van der Waals surface area contributed by atoms with Gasteiger partial charge in [-0.15, -0.1) is 0 Å². The maximum atomic E-state index is 12.4. The molecule has 0 atom stereocenters. The fourth-order valence-corrected chi connectivity index (χ4v) is 3.86. The Morgan fingerprint density at radius 3 is 2.55 bits per heavy atom. The summed E-state index contributed by atoms with van der Waals surface area (Å²) in [7, 11) is 1.85. The Morgan fingerprint density at radius 2 is 1.81 bits per heavy atom. The monoisotopic (exact) mass is 413 g/mol. The molecule has 31 heavy (non-hydrogen) atoms. The van der Waals surface area contributed by atoms with Gasteiger partial charge in [-0.1, -0.05) is 18.2 Å². The number of anilines is 1. The van der Waals surface area contributed by atoms with Gasteiger partial charge in [0.05, 0.1) is 30.5 Å². The lowest BCUT2D eigenvalue weighted by Crippen LogP contribution is -2.18. The van der Waals surface area contributed by atoms with E-state index in [-0.39, 0.29) is 5.43 Å². The minimum Gasteiger partial charge on any atom is -0.369 e. The van der Waals surface area contributed by atoms with E-state index in [4.69, 9.17) is 0 Å². The molecule has 1 aliphatic rings. The van der Waals surface area contributed by atoms with Crippen molar-refractivity contribution < 1.29 is 0 Å². The molecule has 0 bridgehead atoms. The van der Waals surface area contributed by atoms with Crippen LogP contribution in [0, 0.1) is 0 Å². The molecule has 0 aliphatic carbocycles. The Bertz CT molecular complexity index is 1250. The summed E-state index contributed by atoms with van der Waals surface area (Å²) >= 11 is 0. The van der Waals surface area contributed by atoms with Gasteiger partial charge in [-0.25, -0.2) is 14.6 Å². The SMILES string of the molecule is Cn1cc(-n2ccc(=O)c(Cc3cccc(-c4ncc(N5CCCC5)cn4)c3)n2)cn1. The van der Waals surface area contributed by atoms with E-state index in [1.807, 2.05) is 49.9 Å². The van der Waals surface area contributed by atoms with E-state index < -0.39 is 0 Å². The lowest BCUT2D eigenvalue weighted by molar-refractivity contribution is 0.762. The molecule has 0 unspecified atom stereocenters. The highest BCUT2D eigenvalue weighted by Crippen LogP contribution is 2.22. The molecule has 0 N–H and O–H groups in total. The molecule has 1 aliphatic heterocycles. The zero-order chi connectivity index (χ0) is 21.2. The smallest absolute Gasteiger partial charge is 0.203 e. The summed E-state index contributed by atoms with van der Waals surface area (Å²) in [5.41, 5.74) is 4.18. The molecule has 8 heteroatoms. The van der Waals surface area contributed by atoms with Crippen LogP contribution < -0.4 is 10.3 Å². The number of hydrogen-bond acceptors (Lipinski definition) is 6. The first-order valence-electron chi connectivity index (χ1n) is 10.4. The van der Waals surface area contributed by atoms with Gasteiger partial charge >= 0.3 is 0 Å². The molecule has 0 radical (unpaired) electrons. The number of benzene rings is 1. The Kier molecular flexibility index (Phi) is 5.03.